The lowest BCUT2D eigenvalue weighted by molar-refractivity contribution is 0.285. The minimum absolute atomic E-state index is 0.154. The molecule has 7 nitrogen and oxygen atoms in total. The second kappa shape index (κ2) is 10.6. The van der Waals surface area contributed by atoms with Gasteiger partial charge in [0.05, 0.1) is 18.9 Å². The summed E-state index contributed by atoms with van der Waals surface area (Å²) in [4.78, 5) is 4.44. The lowest BCUT2D eigenvalue weighted by atomic mass is 10.1. The van der Waals surface area contributed by atoms with Gasteiger partial charge in [0.25, 0.3) is 0 Å². The summed E-state index contributed by atoms with van der Waals surface area (Å²) in [6, 6.07) is 4.85. The molecule has 0 radical (unpaired) electrons. The molecule has 0 spiro atoms. The quantitative estimate of drug-likeness (QED) is 0.293. The van der Waals surface area contributed by atoms with Crippen molar-refractivity contribution < 1.29 is 17.5 Å². The molecule has 0 saturated heterocycles. The van der Waals surface area contributed by atoms with Crippen LogP contribution in [0.3, 0.4) is 0 Å². The molecule has 158 valence electrons. The average Bonchev–Trinajstić information content (AvgIpc) is 3.43. The van der Waals surface area contributed by atoms with E-state index in [0.717, 1.165) is 24.7 Å². The highest BCUT2D eigenvalue weighted by Gasteiger charge is 2.22. The van der Waals surface area contributed by atoms with E-state index < -0.39 is 10.0 Å². The highest BCUT2D eigenvalue weighted by molar-refractivity contribution is 7.88. The van der Waals surface area contributed by atoms with Crippen molar-refractivity contribution in [2.24, 2.45) is 10.9 Å². The third-order valence-electron chi connectivity index (χ3n) is 4.29. The van der Waals surface area contributed by atoms with Crippen molar-refractivity contribution >= 4 is 16.0 Å². The Labute approximate surface area is 167 Å². The van der Waals surface area contributed by atoms with E-state index >= 15 is 0 Å². The van der Waals surface area contributed by atoms with Crippen molar-refractivity contribution in [3.63, 3.8) is 0 Å². The van der Waals surface area contributed by atoms with Crippen molar-refractivity contribution in [1.29, 1.82) is 0 Å². The largest absolute Gasteiger partial charge is 0.490 e. The van der Waals surface area contributed by atoms with Crippen LogP contribution in [0.2, 0.25) is 0 Å². The van der Waals surface area contributed by atoms with Crippen LogP contribution in [0.4, 0.5) is 4.39 Å². The van der Waals surface area contributed by atoms with E-state index in [9.17, 15) is 12.8 Å². The minimum Gasteiger partial charge on any atom is -0.490 e. The first-order chi connectivity index (χ1) is 13.3. The summed E-state index contributed by atoms with van der Waals surface area (Å²) in [5.74, 6) is 1.11. The van der Waals surface area contributed by atoms with Crippen molar-refractivity contribution in [2.75, 3.05) is 32.5 Å². The van der Waals surface area contributed by atoms with Gasteiger partial charge in [-0.2, -0.15) is 0 Å². The highest BCUT2D eigenvalue weighted by Crippen LogP contribution is 2.30. The topological polar surface area (TPSA) is 91.8 Å². The van der Waals surface area contributed by atoms with Gasteiger partial charge in [-0.25, -0.2) is 17.5 Å². The van der Waals surface area contributed by atoms with Crippen molar-refractivity contribution in [1.82, 2.24) is 15.4 Å². The minimum atomic E-state index is -3.18. The molecule has 1 aromatic carbocycles. The second-order valence-corrected chi connectivity index (χ2v) is 8.92. The van der Waals surface area contributed by atoms with Crippen molar-refractivity contribution in [3.8, 4) is 5.75 Å². The Bertz CT molecular complexity index is 766. The number of benzene rings is 1. The number of nitrogens with zero attached hydrogens (tertiary/aromatic N) is 1. The summed E-state index contributed by atoms with van der Waals surface area (Å²) < 4.78 is 44.4. The predicted molar refractivity (Wildman–Crippen MR) is 110 cm³/mol. The number of sulfonamides is 1. The van der Waals surface area contributed by atoms with Crippen LogP contribution in [-0.4, -0.2) is 46.9 Å². The summed E-state index contributed by atoms with van der Waals surface area (Å²) in [6.45, 7) is 5.95. The normalized spacial score (nSPS) is 15.9. The summed E-state index contributed by atoms with van der Waals surface area (Å²) >= 11 is 0. The maximum Gasteiger partial charge on any atom is 0.208 e. The molecule has 0 bridgehead atoms. The molecule has 9 heteroatoms. The number of hydrogen-bond donors (Lipinski definition) is 3. The zero-order valence-electron chi connectivity index (χ0n) is 16.8. The molecule has 0 heterocycles. The fourth-order valence-corrected chi connectivity index (χ4v) is 3.05. The highest BCUT2D eigenvalue weighted by atomic mass is 32.2. The molecule has 28 heavy (non-hydrogen) atoms. The summed E-state index contributed by atoms with van der Waals surface area (Å²) in [7, 11) is -3.18. The third-order valence-corrected chi connectivity index (χ3v) is 5.02. The maximum atomic E-state index is 14.3. The first-order valence-electron chi connectivity index (χ1n) is 9.70. The molecule has 0 aromatic heterocycles. The Morgan fingerprint density at radius 1 is 1.39 bits per heavy atom. The fourth-order valence-electron chi connectivity index (χ4n) is 2.53. The van der Waals surface area contributed by atoms with Crippen molar-refractivity contribution in [2.45, 2.75) is 39.2 Å². The van der Waals surface area contributed by atoms with Crippen LogP contribution in [0.25, 0.3) is 0 Å². The van der Waals surface area contributed by atoms with Gasteiger partial charge in [0.1, 0.15) is 0 Å². The standard InChI is InChI=1S/C19H31FN4O3S/c1-4-21-19(22-10-5-11-23-28(3,25)26)24-14(2)16-8-9-18(17(20)12-16)27-13-15-6-7-15/h8-9,12,14-15,23H,4-7,10-11,13H2,1-3H3,(H2,21,22,24). The van der Waals surface area contributed by atoms with E-state index in [4.69, 9.17) is 4.74 Å². The molecular weight excluding hydrogens is 383 g/mol. The lowest BCUT2D eigenvalue weighted by Crippen LogP contribution is -2.39. The van der Waals surface area contributed by atoms with E-state index in [1.54, 1.807) is 6.07 Å². The smallest absolute Gasteiger partial charge is 0.208 e. The Morgan fingerprint density at radius 2 is 2.14 bits per heavy atom. The Morgan fingerprint density at radius 3 is 2.75 bits per heavy atom. The number of aliphatic imine (C=N–C) groups is 1. The zero-order chi connectivity index (χ0) is 20.6. The van der Waals surface area contributed by atoms with Gasteiger partial charge in [0.2, 0.25) is 10.0 Å². The van der Waals surface area contributed by atoms with Gasteiger partial charge in [-0.05, 0) is 56.7 Å². The number of halogens is 1. The first kappa shape index (κ1) is 22.4. The Hall–Kier alpha value is -1.87. The first-order valence-corrected chi connectivity index (χ1v) is 11.6. The molecule has 1 aliphatic rings. The summed E-state index contributed by atoms with van der Waals surface area (Å²) in [5.41, 5.74) is 0.792. The van der Waals surface area contributed by atoms with Gasteiger partial charge in [0, 0.05) is 19.6 Å². The number of ether oxygens (including phenoxy) is 1. The van der Waals surface area contributed by atoms with E-state index in [0.29, 0.717) is 50.3 Å². The van der Waals surface area contributed by atoms with Gasteiger partial charge in [-0.1, -0.05) is 6.07 Å². The van der Waals surface area contributed by atoms with Crippen LogP contribution in [0.1, 0.15) is 44.7 Å². The van der Waals surface area contributed by atoms with Gasteiger partial charge in [-0.15, -0.1) is 0 Å². The van der Waals surface area contributed by atoms with Crippen LogP contribution >= 0.6 is 0 Å². The molecule has 1 aromatic rings. The molecule has 1 atom stereocenters. The molecule has 0 aliphatic heterocycles. The predicted octanol–water partition coefficient (Wildman–Crippen LogP) is 2.17. The maximum absolute atomic E-state index is 14.3. The van der Waals surface area contributed by atoms with E-state index in [-0.39, 0.29) is 11.9 Å². The van der Waals surface area contributed by atoms with Gasteiger partial charge in [0.15, 0.2) is 17.5 Å². The summed E-state index contributed by atoms with van der Waals surface area (Å²) in [5, 5.41) is 6.38. The van der Waals surface area contributed by atoms with E-state index in [2.05, 4.69) is 20.3 Å². The lowest BCUT2D eigenvalue weighted by Gasteiger charge is -2.19. The molecule has 3 N–H and O–H groups in total. The average molecular weight is 415 g/mol. The third kappa shape index (κ3) is 8.43. The van der Waals surface area contributed by atoms with E-state index in [1.807, 2.05) is 19.9 Å². The molecule has 1 aliphatic carbocycles. The van der Waals surface area contributed by atoms with Crippen LogP contribution in [-0.2, 0) is 10.0 Å². The molecule has 1 saturated carbocycles. The monoisotopic (exact) mass is 414 g/mol. The molecule has 1 fully saturated rings. The number of hydrogen-bond acceptors (Lipinski definition) is 4. The summed E-state index contributed by atoms with van der Waals surface area (Å²) in [6.07, 6.45) is 4.04. The fraction of sp³-hybridized carbons (Fsp3) is 0.632. The molecule has 1 unspecified atom stereocenters. The SMILES string of the molecule is CCNC(=NCCCNS(C)(=O)=O)NC(C)c1ccc(OCC2CC2)c(F)c1. The molecular formula is C19H31FN4O3S. The zero-order valence-corrected chi connectivity index (χ0v) is 17.6. The van der Waals surface area contributed by atoms with Crippen LogP contribution < -0.4 is 20.1 Å². The van der Waals surface area contributed by atoms with Gasteiger partial charge >= 0.3 is 0 Å². The number of nitrogens with one attached hydrogen (secondary N) is 3. The number of rotatable bonds is 11. The van der Waals surface area contributed by atoms with Crippen LogP contribution in [0, 0.1) is 11.7 Å². The van der Waals surface area contributed by atoms with E-state index in [1.165, 1.54) is 6.07 Å². The second-order valence-electron chi connectivity index (χ2n) is 7.09. The van der Waals surface area contributed by atoms with Crippen LogP contribution in [0.5, 0.6) is 5.75 Å². The van der Waals surface area contributed by atoms with Crippen molar-refractivity contribution in [3.05, 3.63) is 29.6 Å². The number of guanidine groups is 1. The Balaban J connectivity index is 1.88. The molecule has 2 rings (SSSR count). The van der Waals surface area contributed by atoms with Crippen LogP contribution in [0.15, 0.2) is 23.2 Å². The Kier molecular flexibility index (Phi) is 8.50. The molecule has 0 amide bonds. The van der Waals surface area contributed by atoms with Gasteiger partial charge < -0.3 is 15.4 Å². The van der Waals surface area contributed by atoms with Gasteiger partial charge in [-0.3, -0.25) is 4.99 Å².